The fraction of sp³-hybridized carbons (Fsp3) is 0.667. The van der Waals surface area contributed by atoms with Gasteiger partial charge in [-0.25, -0.2) is 0 Å². The Morgan fingerprint density at radius 2 is 1.95 bits per heavy atom. The highest BCUT2D eigenvalue weighted by molar-refractivity contribution is 6.42. The summed E-state index contributed by atoms with van der Waals surface area (Å²) in [7, 11) is 0. The van der Waals surface area contributed by atoms with Gasteiger partial charge in [0.25, 0.3) is 0 Å². The third-order valence-electron chi connectivity index (χ3n) is 6.12. The highest BCUT2D eigenvalue weighted by Gasteiger charge is 2.70. The Kier molecular flexibility index (Phi) is 4.14. The maximum atomic E-state index is 6.27. The molecule has 1 unspecified atom stereocenters. The van der Waals surface area contributed by atoms with Crippen LogP contribution >= 0.6 is 23.2 Å². The van der Waals surface area contributed by atoms with Crippen molar-refractivity contribution in [2.24, 2.45) is 11.8 Å². The minimum Gasteiger partial charge on any atom is -0.378 e. The number of hydrogen-bond acceptors (Lipinski definition) is 1. The molecule has 22 heavy (non-hydrogen) atoms. The summed E-state index contributed by atoms with van der Waals surface area (Å²) in [6, 6.07) is 6.19. The van der Waals surface area contributed by atoms with Crippen LogP contribution in [0.15, 0.2) is 18.2 Å². The van der Waals surface area contributed by atoms with Crippen LogP contribution in [0.4, 0.5) is 0 Å². The van der Waals surface area contributed by atoms with E-state index < -0.39 is 0 Å². The van der Waals surface area contributed by atoms with E-state index in [-0.39, 0.29) is 5.41 Å². The van der Waals surface area contributed by atoms with Gasteiger partial charge in [-0.2, -0.15) is 0 Å². The van der Waals surface area contributed by atoms with Crippen molar-refractivity contribution >= 4 is 23.2 Å². The van der Waals surface area contributed by atoms with E-state index in [9.17, 15) is 0 Å². The average Bonchev–Trinajstić information content (AvgIpc) is 2.93. The number of fused-ring (bicyclic) bond motifs is 1. The molecular formula is C18H24Cl2NO+. The second-order valence-electron chi connectivity index (χ2n) is 7.20. The predicted octanol–water partition coefficient (Wildman–Crippen LogP) is 3.40. The molecule has 2 aliphatic carbocycles. The standard InChI is InChI=1S/C18H23Cl2NO/c19-16-7-6-12(8-17(16)20)18-11-21-9-14(18)15(18)10-22-13-4-2-1-3-5-13/h6-8,13-15,21H,1-5,9-11H2/p+1/t14-,15?,18+/m1/s1. The van der Waals surface area contributed by atoms with Crippen LogP contribution in [0.1, 0.15) is 37.7 Å². The van der Waals surface area contributed by atoms with E-state index in [1.165, 1.54) is 44.2 Å². The Bertz CT molecular complexity index is 558. The van der Waals surface area contributed by atoms with Crippen LogP contribution < -0.4 is 5.32 Å². The number of nitrogens with two attached hydrogens (primary N) is 1. The lowest BCUT2D eigenvalue weighted by molar-refractivity contribution is -0.646. The van der Waals surface area contributed by atoms with Crippen molar-refractivity contribution in [2.45, 2.75) is 43.6 Å². The molecule has 2 N–H and O–H groups in total. The Balaban J connectivity index is 1.46. The van der Waals surface area contributed by atoms with E-state index in [0.717, 1.165) is 19.1 Å². The summed E-state index contributed by atoms with van der Waals surface area (Å²) in [5.41, 5.74) is 1.64. The molecule has 1 aromatic rings. The minimum atomic E-state index is 0.281. The first-order valence-electron chi connectivity index (χ1n) is 8.60. The summed E-state index contributed by atoms with van der Waals surface area (Å²) >= 11 is 12.3. The molecule has 0 bridgehead atoms. The van der Waals surface area contributed by atoms with Gasteiger partial charge in [-0.05, 0) is 30.5 Å². The maximum absolute atomic E-state index is 6.27. The number of benzene rings is 1. The first kappa shape index (κ1) is 15.3. The van der Waals surface area contributed by atoms with Crippen LogP contribution in [0.25, 0.3) is 0 Å². The number of quaternary nitrogens is 1. The molecule has 120 valence electrons. The van der Waals surface area contributed by atoms with Gasteiger partial charge >= 0.3 is 0 Å². The summed E-state index contributed by atoms with van der Waals surface area (Å²) < 4.78 is 6.27. The number of hydrogen-bond donors (Lipinski definition) is 1. The van der Waals surface area contributed by atoms with E-state index in [2.05, 4.69) is 17.4 Å². The number of ether oxygens (including phenoxy) is 1. The molecule has 3 fully saturated rings. The van der Waals surface area contributed by atoms with Gasteiger partial charge in [-0.1, -0.05) is 48.5 Å². The first-order valence-corrected chi connectivity index (χ1v) is 9.36. The highest BCUT2D eigenvalue weighted by Crippen LogP contribution is 2.60. The first-order chi connectivity index (χ1) is 10.7. The van der Waals surface area contributed by atoms with Crippen molar-refractivity contribution in [3.8, 4) is 0 Å². The molecule has 4 heteroatoms. The van der Waals surface area contributed by atoms with Crippen molar-refractivity contribution in [2.75, 3.05) is 19.7 Å². The van der Waals surface area contributed by atoms with Gasteiger partial charge < -0.3 is 10.1 Å². The lowest BCUT2D eigenvalue weighted by Gasteiger charge is -2.23. The van der Waals surface area contributed by atoms with Gasteiger partial charge in [0.2, 0.25) is 0 Å². The molecule has 0 amide bonds. The largest absolute Gasteiger partial charge is 0.378 e. The molecule has 0 radical (unpaired) electrons. The smallest absolute Gasteiger partial charge is 0.0862 e. The molecule has 3 aliphatic rings. The van der Waals surface area contributed by atoms with Crippen LogP contribution in [0.5, 0.6) is 0 Å². The summed E-state index contributed by atoms with van der Waals surface area (Å²) in [5, 5.41) is 3.76. The van der Waals surface area contributed by atoms with E-state index in [1.54, 1.807) is 0 Å². The molecule has 2 nitrogen and oxygen atoms in total. The quantitative estimate of drug-likeness (QED) is 0.892. The maximum Gasteiger partial charge on any atom is 0.0862 e. The van der Waals surface area contributed by atoms with Crippen LogP contribution in [0, 0.1) is 11.8 Å². The summed E-state index contributed by atoms with van der Waals surface area (Å²) in [4.78, 5) is 0. The van der Waals surface area contributed by atoms with E-state index in [4.69, 9.17) is 27.9 Å². The summed E-state index contributed by atoms with van der Waals surface area (Å²) in [6.07, 6.45) is 7.07. The van der Waals surface area contributed by atoms with Crippen LogP contribution in [-0.2, 0) is 10.2 Å². The molecule has 0 spiro atoms. The van der Waals surface area contributed by atoms with E-state index >= 15 is 0 Å². The topological polar surface area (TPSA) is 25.8 Å². The number of halogens is 2. The molecule has 2 saturated carbocycles. The lowest BCUT2D eigenvalue weighted by atomic mass is 9.93. The van der Waals surface area contributed by atoms with Crippen molar-refractivity contribution in [1.29, 1.82) is 0 Å². The molecule has 1 aliphatic heterocycles. The van der Waals surface area contributed by atoms with E-state index in [0.29, 0.717) is 22.1 Å². The summed E-state index contributed by atoms with van der Waals surface area (Å²) in [5.74, 6) is 1.41. The Morgan fingerprint density at radius 1 is 1.14 bits per heavy atom. The van der Waals surface area contributed by atoms with Crippen molar-refractivity contribution < 1.29 is 10.1 Å². The molecule has 1 saturated heterocycles. The van der Waals surface area contributed by atoms with E-state index in [1.807, 2.05) is 6.07 Å². The molecule has 0 aromatic heterocycles. The Morgan fingerprint density at radius 3 is 2.73 bits per heavy atom. The molecule has 1 heterocycles. The second-order valence-corrected chi connectivity index (χ2v) is 8.02. The van der Waals surface area contributed by atoms with Gasteiger partial charge in [0.15, 0.2) is 0 Å². The minimum absolute atomic E-state index is 0.281. The zero-order valence-corrected chi connectivity index (χ0v) is 14.4. The molecule has 3 atom stereocenters. The fourth-order valence-electron chi connectivity index (χ4n) is 4.85. The van der Waals surface area contributed by atoms with Crippen LogP contribution in [0.2, 0.25) is 10.0 Å². The lowest BCUT2D eigenvalue weighted by Crippen LogP contribution is -2.83. The molecular weight excluding hydrogens is 317 g/mol. The van der Waals surface area contributed by atoms with Crippen molar-refractivity contribution in [1.82, 2.24) is 0 Å². The van der Waals surface area contributed by atoms with Crippen molar-refractivity contribution in [3.63, 3.8) is 0 Å². The number of piperidine rings is 1. The normalized spacial score (nSPS) is 34.6. The SMILES string of the molecule is Clc1ccc([C@@]23C[NH2+]C[C@@H]2C3COC2CCCCC2)cc1Cl. The van der Waals surface area contributed by atoms with Crippen LogP contribution in [-0.4, -0.2) is 25.8 Å². The van der Waals surface area contributed by atoms with Gasteiger partial charge in [-0.3, -0.25) is 0 Å². The van der Waals surface area contributed by atoms with Crippen LogP contribution in [0.3, 0.4) is 0 Å². The fourth-order valence-corrected chi connectivity index (χ4v) is 5.15. The van der Waals surface area contributed by atoms with Gasteiger partial charge in [0.1, 0.15) is 0 Å². The zero-order chi connectivity index (χ0) is 15.2. The monoisotopic (exact) mass is 340 g/mol. The number of rotatable bonds is 4. The molecule has 1 aromatic carbocycles. The van der Waals surface area contributed by atoms with Gasteiger partial charge in [0, 0.05) is 11.8 Å². The second kappa shape index (κ2) is 5.98. The zero-order valence-electron chi connectivity index (χ0n) is 12.9. The van der Waals surface area contributed by atoms with Gasteiger partial charge in [-0.15, -0.1) is 0 Å². The summed E-state index contributed by atoms with van der Waals surface area (Å²) in [6.45, 7) is 3.30. The Hall–Kier alpha value is -0.280. The highest BCUT2D eigenvalue weighted by atomic mass is 35.5. The predicted molar refractivity (Wildman–Crippen MR) is 89.6 cm³/mol. The van der Waals surface area contributed by atoms with Gasteiger partial charge in [0.05, 0.1) is 41.3 Å². The third-order valence-corrected chi connectivity index (χ3v) is 6.86. The molecule has 4 rings (SSSR count). The average molecular weight is 341 g/mol. The Labute approximate surface area is 142 Å². The van der Waals surface area contributed by atoms with Crippen molar-refractivity contribution in [3.05, 3.63) is 33.8 Å². The third kappa shape index (κ3) is 2.49.